The topological polar surface area (TPSA) is 73.6 Å². The number of alkyl halides is 3. The lowest BCUT2D eigenvalue weighted by Gasteiger charge is -2.50. The third-order valence-electron chi connectivity index (χ3n) is 6.82. The number of fused-ring (bicyclic) bond motifs is 1. The highest BCUT2D eigenvalue weighted by atomic mass is 35.5. The van der Waals surface area contributed by atoms with Crippen LogP contribution in [0, 0.1) is 29.1 Å². The lowest BCUT2D eigenvalue weighted by atomic mass is 9.64. The van der Waals surface area contributed by atoms with E-state index in [0.29, 0.717) is 25.7 Å². The number of carbonyl (C=O) groups is 1. The van der Waals surface area contributed by atoms with E-state index in [0.717, 1.165) is 0 Å². The normalized spacial score (nSPS) is 29.1. The molecule has 0 radical (unpaired) electrons. The number of methoxy groups -OCH3 is 1. The van der Waals surface area contributed by atoms with Crippen LogP contribution in [0.1, 0.15) is 47.8 Å². The van der Waals surface area contributed by atoms with Gasteiger partial charge in [0.1, 0.15) is 5.75 Å². The molecule has 0 aromatic heterocycles. The molecule has 1 amide bonds. The maximum absolute atomic E-state index is 13.2. The predicted molar refractivity (Wildman–Crippen MR) is 109 cm³/mol. The lowest BCUT2D eigenvalue weighted by molar-refractivity contribution is -0.233. The van der Waals surface area contributed by atoms with Crippen molar-refractivity contribution in [3.05, 3.63) is 28.3 Å². The van der Waals surface area contributed by atoms with Crippen molar-refractivity contribution in [3.63, 3.8) is 0 Å². The predicted octanol–water partition coefficient (Wildman–Crippen LogP) is 4.34. The largest absolute Gasteiger partial charge is 0.495 e. The quantitative estimate of drug-likeness (QED) is 0.724. The Morgan fingerprint density at radius 2 is 2.16 bits per heavy atom. The number of carbonyl (C=O) groups excluding carboxylic acids is 1. The zero-order valence-electron chi connectivity index (χ0n) is 20.0. The van der Waals surface area contributed by atoms with E-state index in [1.165, 1.54) is 12.1 Å². The molecule has 5 nitrogen and oxygen atoms in total. The van der Waals surface area contributed by atoms with Crippen LogP contribution >= 0.6 is 11.6 Å². The molecule has 3 rings (SSSR count). The van der Waals surface area contributed by atoms with E-state index in [1.807, 2.05) is 6.07 Å². The van der Waals surface area contributed by atoms with E-state index in [1.54, 1.807) is 11.8 Å². The second-order valence-electron chi connectivity index (χ2n) is 8.32. The van der Waals surface area contributed by atoms with Gasteiger partial charge in [-0.15, -0.1) is 0 Å². The number of halogens is 4. The minimum atomic E-state index is -4.69. The first-order chi connectivity index (χ1) is 15.7. The van der Waals surface area contributed by atoms with Crippen LogP contribution in [0.25, 0.3) is 0 Å². The fourth-order valence-corrected chi connectivity index (χ4v) is 5.55. The Bertz CT molecular complexity index is 968. The maximum Gasteiger partial charge on any atom is 0.414 e. The van der Waals surface area contributed by atoms with Gasteiger partial charge in [0.2, 0.25) is 5.91 Å². The van der Waals surface area contributed by atoms with Crippen molar-refractivity contribution in [3.8, 4) is 11.8 Å². The molecule has 31 heavy (non-hydrogen) atoms. The number of aliphatic hydroxyl groups excluding tert-OH is 1. The standard InChI is InChI=1S/C22H26ClF3N2O3/c1-12-14-4-3-5-16(21(30)22(24,25)26)15(14)8-9-28(12)19(29)10-17-13(11-27)6-7-18(31-2)20(17)23/h6-7,12,14-16,21,30H,3-5,8-10H2,1-2H3/t12-,14+,15+,16+,21?/m0/s1/i2D3. The fourth-order valence-electron chi connectivity index (χ4n) is 5.28. The molecule has 2 fully saturated rings. The Balaban J connectivity index is 1.80. The summed E-state index contributed by atoms with van der Waals surface area (Å²) in [6, 6.07) is 4.16. The molecule has 1 heterocycles. The molecule has 1 saturated carbocycles. The van der Waals surface area contributed by atoms with Gasteiger partial charge in [0, 0.05) is 18.2 Å². The Morgan fingerprint density at radius 3 is 2.81 bits per heavy atom. The van der Waals surface area contributed by atoms with Crippen molar-refractivity contribution < 1.29 is 31.9 Å². The van der Waals surface area contributed by atoms with Crippen molar-refractivity contribution >= 4 is 17.5 Å². The molecule has 0 spiro atoms. The molecule has 1 saturated heterocycles. The van der Waals surface area contributed by atoms with E-state index in [9.17, 15) is 28.3 Å². The molecule has 1 N–H and O–H groups in total. The van der Waals surface area contributed by atoms with Gasteiger partial charge < -0.3 is 14.7 Å². The molecule has 170 valence electrons. The van der Waals surface area contributed by atoms with Gasteiger partial charge in [-0.3, -0.25) is 4.79 Å². The molecule has 9 heteroatoms. The van der Waals surface area contributed by atoms with Crippen LogP contribution in [0.15, 0.2) is 12.1 Å². The molecule has 1 aliphatic carbocycles. The van der Waals surface area contributed by atoms with Gasteiger partial charge in [-0.1, -0.05) is 18.0 Å². The van der Waals surface area contributed by atoms with E-state index >= 15 is 0 Å². The first-order valence-corrected chi connectivity index (χ1v) is 10.6. The summed E-state index contributed by atoms with van der Waals surface area (Å²) in [4.78, 5) is 14.8. The SMILES string of the molecule is [2H]C([2H])([2H])Oc1ccc(C#N)c(CC(=O)N2CC[C@@H]3[C@H](CCC[C@H]3C(O)C(F)(F)F)[C@@H]2C)c1Cl. The van der Waals surface area contributed by atoms with Gasteiger partial charge >= 0.3 is 6.18 Å². The second kappa shape index (κ2) is 9.25. The minimum absolute atomic E-state index is 0.102. The smallest absolute Gasteiger partial charge is 0.414 e. The zero-order chi connectivity index (χ0) is 25.4. The van der Waals surface area contributed by atoms with Gasteiger partial charge in [0.25, 0.3) is 0 Å². The van der Waals surface area contributed by atoms with Crippen LogP contribution < -0.4 is 4.74 Å². The van der Waals surface area contributed by atoms with Gasteiger partial charge in [-0.05, 0) is 56.1 Å². The van der Waals surface area contributed by atoms with Crippen molar-refractivity contribution in [1.29, 1.82) is 5.26 Å². The first-order valence-electron chi connectivity index (χ1n) is 11.7. The van der Waals surface area contributed by atoms with Crippen molar-refractivity contribution in [2.24, 2.45) is 17.8 Å². The third kappa shape index (κ3) is 4.63. The number of nitrogens with zero attached hydrogens (tertiary/aromatic N) is 2. The summed E-state index contributed by atoms with van der Waals surface area (Å²) < 4.78 is 66.2. The molecular weight excluding hydrogens is 433 g/mol. The van der Waals surface area contributed by atoms with Crippen LogP contribution in [0.2, 0.25) is 5.02 Å². The highest BCUT2D eigenvalue weighted by Gasteiger charge is 2.51. The Morgan fingerprint density at radius 1 is 1.42 bits per heavy atom. The van der Waals surface area contributed by atoms with Crippen molar-refractivity contribution in [2.75, 3.05) is 13.6 Å². The summed E-state index contributed by atoms with van der Waals surface area (Å²) in [7, 11) is -2.77. The summed E-state index contributed by atoms with van der Waals surface area (Å²) in [5.41, 5.74) is 0.240. The third-order valence-corrected chi connectivity index (χ3v) is 7.23. The van der Waals surface area contributed by atoms with Crippen LogP contribution in [-0.2, 0) is 11.2 Å². The number of amides is 1. The molecule has 1 aromatic rings. The number of hydrogen-bond donors (Lipinski definition) is 1. The van der Waals surface area contributed by atoms with Gasteiger partial charge in [0.15, 0.2) is 6.10 Å². The number of ether oxygens (including phenoxy) is 1. The molecular formula is C22H26ClF3N2O3. The number of hydrogen-bond acceptors (Lipinski definition) is 4. The Hall–Kier alpha value is -1.98. The van der Waals surface area contributed by atoms with Crippen LogP contribution in [-0.4, -0.2) is 47.8 Å². The highest BCUT2D eigenvalue weighted by molar-refractivity contribution is 6.33. The Kier molecular flexibility index (Phi) is 5.88. The van der Waals surface area contributed by atoms with Gasteiger partial charge in [-0.2, -0.15) is 18.4 Å². The molecule has 2 aliphatic rings. The summed E-state index contributed by atoms with van der Waals surface area (Å²) in [5, 5.41) is 19.2. The van der Waals surface area contributed by atoms with Crippen molar-refractivity contribution in [2.45, 2.75) is 57.3 Å². The van der Waals surface area contributed by atoms with E-state index < -0.39 is 25.2 Å². The summed E-state index contributed by atoms with van der Waals surface area (Å²) in [5.74, 6) is -1.98. The molecule has 5 atom stereocenters. The second-order valence-corrected chi connectivity index (χ2v) is 8.70. The fraction of sp³-hybridized carbons (Fsp3) is 0.636. The van der Waals surface area contributed by atoms with Crippen LogP contribution in [0.5, 0.6) is 5.75 Å². The average molecular weight is 462 g/mol. The molecule has 1 aliphatic heterocycles. The first kappa shape index (κ1) is 19.7. The average Bonchev–Trinajstić information content (AvgIpc) is 2.74. The maximum atomic E-state index is 13.2. The lowest BCUT2D eigenvalue weighted by Crippen LogP contribution is -2.55. The molecule has 1 unspecified atom stereocenters. The summed E-state index contributed by atoms with van der Waals surface area (Å²) in [6.45, 7) is 2.01. The van der Waals surface area contributed by atoms with Crippen molar-refractivity contribution in [1.82, 2.24) is 4.90 Å². The number of aliphatic hydroxyl groups is 1. The number of benzene rings is 1. The minimum Gasteiger partial charge on any atom is -0.495 e. The number of nitriles is 1. The van der Waals surface area contributed by atoms with Gasteiger partial charge in [0.05, 0.1) is 34.2 Å². The number of likely N-dealkylation sites (tertiary alicyclic amines) is 1. The van der Waals surface area contributed by atoms with E-state index in [2.05, 4.69) is 0 Å². The van der Waals surface area contributed by atoms with E-state index in [4.69, 9.17) is 20.5 Å². The molecule has 1 aromatic carbocycles. The summed E-state index contributed by atoms with van der Waals surface area (Å²) >= 11 is 6.29. The number of rotatable bonds is 4. The summed E-state index contributed by atoms with van der Waals surface area (Å²) in [6.07, 6.45) is -5.54. The van der Waals surface area contributed by atoms with Gasteiger partial charge in [-0.25, -0.2) is 0 Å². The van der Waals surface area contributed by atoms with Crippen LogP contribution in [0.4, 0.5) is 13.2 Å². The zero-order valence-corrected chi connectivity index (χ0v) is 17.7. The van der Waals surface area contributed by atoms with Crippen LogP contribution in [0.3, 0.4) is 0 Å². The molecule has 0 bridgehead atoms. The number of piperidine rings is 1. The monoisotopic (exact) mass is 461 g/mol. The Labute approximate surface area is 188 Å². The highest BCUT2D eigenvalue weighted by Crippen LogP contribution is 2.47. The van der Waals surface area contributed by atoms with E-state index in [-0.39, 0.29) is 58.6 Å².